The predicted octanol–water partition coefficient (Wildman–Crippen LogP) is 0.713. The first-order valence-corrected chi connectivity index (χ1v) is 10.6. The summed E-state index contributed by atoms with van der Waals surface area (Å²) < 4.78 is 24.0. The molecule has 2 heterocycles. The fraction of sp³-hybridized carbons (Fsp3) is 0.105. The third-order valence-electron chi connectivity index (χ3n) is 4.58. The van der Waals surface area contributed by atoms with Gasteiger partial charge in [0.2, 0.25) is 15.9 Å². The van der Waals surface area contributed by atoms with Gasteiger partial charge in [0, 0.05) is 23.5 Å². The number of nitrogens with zero attached hydrogens (tertiary/aromatic N) is 3. The molecule has 1 aromatic heterocycles. The quantitative estimate of drug-likeness (QED) is 0.618. The van der Waals surface area contributed by atoms with Crippen LogP contribution in [-0.2, 0) is 21.2 Å². The van der Waals surface area contributed by atoms with Gasteiger partial charge in [-0.15, -0.1) is 0 Å². The van der Waals surface area contributed by atoms with Crippen LogP contribution in [0.15, 0.2) is 60.0 Å². The van der Waals surface area contributed by atoms with Gasteiger partial charge in [0.25, 0.3) is 0 Å². The molecule has 2 N–H and O–H groups in total. The fourth-order valence-electron chi connectivity index (χ4n) is 3.20. The molecule has 0 bridgehead atoms. The van der Waals surface area contributed by atoms with Gasteiger partial charge in [-0.2, -0.15) is 5.10 Å². The summed E-state index contributed by atoms with van der Waals surface area (Å²) >= 11 is 0. The van der Waals surface area contributed by atoms with Crippen molar-refractivity contribution < 1.29 is 18.2 Å². The van der Waals surface area contributed by atoms with E-state index in [9.17, 15) is 18.2 Å². The Kier molecular flexibility index (Phi) is 4.81. The molecule has 0 aliphatic carbocycles. The van der Waals surface area contributed by atoms with Gasteiger partial charge in [0.1, 0.15) is 0 Å². The minimum atomic E-state index is -3.68. The monoisotopic (exact) mass is 408 g/mol. The fourth-order valence-corrected chi connectivity index (χ4v) is 3.90. The summed E-state index contributed by atoms with van der Waals surface area (Å²) in [6.45, 7) is 0. The van der Waals surface area contributed by atoms with E-state index in [2.05, 4.69) is 15.4 Å². The van der Waals surface area contributed by atoms with Crippen molar-refractivity contribution in [1.82, 2.24) is 9.31 Å². The van der Waals surface area contributed by atoms with Gasteiger partial charge in [-0.05, 0) is 46.2 Å². The van der Waals surface area contributed by atoms with Crippen molar-refractivity contribution in [3.8, 4) is 0 Å². The van der Waals surface area contributed by atoms with E-state index in [1.807, 2.05) is 24.3 Å². The van der Waals surface area contributed by atoms with Crippen LogP contribution in [-0.4, -0.2) is 48.2 Å². The summed E-state index contributed by atoms with van der Waals surface area (Å²) in [4.78, 5) is 16.5. The molecule has 29 heavy (non-hydrogen) atoms. The maximum Gasteiger partial charge on any atom is 0.483 e. The van der Waals surface area contributed by atoms with E-state index in [1.54, 1.807) is 30.6 Å². The van der Waals surface area contributed by atoms with E-state index in [0.29, 0.717) is 21.0 Å². The van der Waals surface area contributed by atoms with Crippen LogP contribution in [0, 0.1) is 0 Å². The number of aromatic nitrogens is 1. The van der Waals surface area contributed by atoms with Crippen LogP contribution in [0.3, 0.4) is 0 Å². The highest BCUT2D eigenvalue weighted by Gasteiger charge is 2.34. The molecule has 1 aliphatic heterocycles. The van der Waals surface area contributed by atoms with Gasteiger partial charge in [-0.3, -0.25) is 9.78 Å². The van der Waals surface area contributed by atoms with E-state index in [-0.39, 0.29) is 12.3 Å². The lowest BCUT2D eigenvalue weighted by Gasteiger charge is -2.24. The number of sulfonamides is 1. The molecular weight excluding hydrogens is 391 g/mol. The second kappa shape index (κ2) is 7.30. The van der Waals surface area contributed by atoms with E-state index in [1.165, 1.54) is 6.21 Å². The molecule has 8 nitrogen and oxygen atoms in total. The van der Waals surface area contributed by atoms with Crippen LogP contribution >= 0.6 is 0 Å². The molecule has 0 fully saturated rings. The Balaban J connectivity index is 1.49. The number of carbonyl (C=O) groups is 1. The number of fused-ring (bicyclic) bond motifs is 2. The lowest BCUT2D eigenvalue weighted by atomic mass is 9.71. The number of pyridine rings is 1. The van der Waals surface area contributed by atoms with E-state index < -0.39 is 17.1 Å². The third kappa shape index (κ3) is 3.98. The summed E-state index contributed by atoms with van der Waals surface area (Å²) in [7, 11) is -5.07. The van der Waals surface area contributed by atoms with Gasteiger partial charge in [-0.25, -0.2) is 12.7 Å². The summed E-state index contributed by atoms with van der Waals surface area (Å²) in [5.41, 5.74) is 2.39. The van der Waals surface area contributed by atoms with Gasteiger partial charge >= 0.3 is 7.05 Å². The Labute approximate surface area is 168 Å². The Morgan fingerprint density at radius 2 is 2.00 bits per heavy atom. The van der Waals surface area contributed by atoms with Gasteiger partial charge in [-0.1, -0.05) is 18.2 Å². The standard InChI is InChI=1S/C19H17BN4O4S/c1-29(27,28)24-20(26)18-5-2-13(8-16(18)12-22-24)9-19(25)23-17-4-3-15-11-21-7-6-14(15)10-17/h2-8,10-12,26H,9H2,1H3,(H,23,25). The average Bonchev–Trinajstić information content (AvgIpc) is 2.67. The molecule has 0 spiro atoms. The van der Waals surface area contributed by atoms with E-state index in [4.69, 9.17) is 0 Å². The zero-order valence-electron chi connectivity index (χ0n) is 15.5. The summed E-state index contributed by atoms with van der Waals surface area (Å²) in [6.07, 6.45) is 5.92. The lowest BCUT2D eigenvalue weighted by Crippen LogP contribution is -2.51. The number of rotatable bonds is 4. The highest BCUT2D eigenvalue weighted by atomic mass is 32.2. The van der Waals surface area contributed by atoms with E-state index >= 15 is 0 Å². The van der Waals surface area contributed by atoms with Crippen molar-refractivity contribution in [2.45, 2.75) is 6.42 Å². The van der Waals surface area contributed by atoms with Gasteiger partial charge < -0.3 is 10.3 Å². The first kappa shape index (κ1) is 19.1. The Morgan fingerprint density at radius 1 is 1.17 bits per heavy atom. The number of carbonyl (C=O) groups excluding carboxylic acids is 1. The molecule has 1 aliphatic rings. The molecule has 10 heteroatoms. The number of hydrogen-bond donors (Lipinski definition) is 2. The zero-order chi connectivity index (χ0) is 20.6. The first-order chi connectivity index (χ1) is 13.8. The Bertz CT molecular complexity index is 1250. The normalized spacial score (nSPS) is 13.4. The third-order valence-corrected chi connectivity index (χ3v) is 5.55. The lowest BCUT2D eigenvalue weighted by molar-refractivity contribution is -0.115. The Hall–Kier alpha value is -3.24. The number of anilines is 1. The largest absolute Gasteiger partial charge is 0.483 e. The van der Waals surface area contributed by atoms with Crippen LogP contribution in [0.1, 0.15) is 11.1 Å². The second-order valence-corrected chi connectivity index (χ2v) is 8.62. The molecule has 0 unspecified atom stereocenters. The molecule has 0 atom stereocenters. The predicted molar refractivity (Wildman–Crippen MR) is 112 cm³/mol. The number of benzene rings is 2. The summed E-state index contributed by atoms with van der Waals surface area (Å²) in [5, 5.41) is 18.9. The van der Waals surface area contributed by atoms with E-state index in [0.717, 1.165) is 22.6 Å². The molecule has 3 aromatic rings. The smallest absolute Gasteiger partial charge is 0.427 e. The summed E-state index contributed by atoms with van der Waals surface area (Å²) in [5.74, 6) is -0.190. The first-order valence-electron chi connectivity index (χ1n) is 8.79. The molecule has 146 valence electrons. The number of nitrogens with one attached hydrogen (secondary N) is 1. The number of hydrazone groups is 1. The minimum absolute atomic E-state index is 0.126. The number of amides is 1. The molecular formula is C19H17BN4O4S. The van der Waals surface area contributed by atoms with Crippen molar-refractivity contribution in [3.63, 3.8) is 0 Å². The van der Waals surface area contributed by atoms with Gasteiger partial charge in [0.05, 0.1) is 18.9 Å². The maximum absolute atomic E-state index is 12.4. The highest BCUT2D eigenvalue weighted by molar-refractivity contribution is 7.89. The number of hydrogen-bond acceptors (Lipinski definition) is 6. The molecule has 0 saturated heterocycles. The molecule has 0 radical (unpaired) electrons. The van der Waals surface area contributed by atoms with Crippen molar-refractivity contribution in [1.29, 1.82) is 0 Å². The zero-order valence-corrected chi connectivity index (χ0v) is 16.3. The Morgan fingerprint density at radius 3 is 2.79 bits per heavy atom. The molecule has 0 saturated carbocycles. The summed E-state index contributed by atoms with van der Waals surface area (Å²) in [6, 6.07) is 12.5. The highest BCUT2D eigenvalue weighted by Crippen LogP contribution is 2.18. The minimum Gasteiger partial charge on any atom is -0.427 e. The topological polar surface area (TPSA) is 112 Å². The van der Waals surface area contributed by atoms with Crippen LogP contribution in [0.5, 0.6) is 0 Å². The van der Waals surface area contributed by atoms with Crippen LogP contribution in [0.2, 0.25) is 0 Å². The second-order valence-electron chi connectivity index (χ2n) is 6.78. The molecule has 4 rings (SSSR count). The van der Waals surface area contributed by atoms with Crippen molar-refractivity contribution >= 4 is 51.1 Å². The average molecular weight is 408 g/mol. The SMILES string of the molecule is CS(=O)(=O)N1N=Cc2cc(CC(=O)Nc3ccc4cnccc4c3)ccc2B1O. The molecule has 1 amide bonds. The maximum atomic E-state index is 12.4. The van der Waals surface area contributed by atoms with Crippen molar-refractivity contribution in [3.05, 3.63) is 66.0 Å². The van der Waals surface area contributed by atoms with Crippen LogP contribution in [0.25, 0.3) is 10.8 Å². The van der Waals surface area contributed by atoms with Gasteiger partial charge in [0.15, 0.2) is 0 Å². The van der Waals surface area contributed by atoms with Crippen molar-refractivity contribution in [2.75, 3.05) is 11.6 Å². The van der Waals surface area contributed by atoms with Crippen LogP contribution < -0.4 is 10.8 Å². The molecule has 2 aromatic carbocycles. The van der Waals surface area contributed by atoms with Crippen molar-refractivity contribution in [2.24, 2.45) is 5.10 Å². The van der Waals surface area contributed by atoms with Crippen LogP contribution in [0.4, 0.5) is 5.69 Å².